The van der Waals surface area contributed by atoms with Gasteiger partial charge in [0.15, 0.2) is 0 Å². The van der Waals surface area contributed by atoms with Crippen molar-refractivity contribution in [1.29, 1.82) is 0 Å². The Labute approximate surface area is 153 Å². The second-order valence-electron chi connectivity index (χ2n) is 7.88. The molecule has 4 atom stereocenters. The molecule has 2 aromatic rings. The molecule has 0 saturated carbocycles. The van der Waals surface area contributed by atoms with Gasteiger partial charge in [-0.05, 0) is 37.3 Å². The lowest BCUT2D eigenvalue weighted by atomic mass is 9.71. The molecule has 2 N–H and O–H groups in total. The SMILES string of the molecule is COC(=O)C1=CNC(C)C2CN3CCc4c([nH]c5ccccc45)[C@@H]3C[C@H]12. The number of hydrogen-bond donors (Lipinski definition) is 2. The van der Waals surface area contributed by atoms with Gasteiger partial charge in [-0.2, -0.15) is 0 Å². The summed E-state index contributed by atoms with van der Waals surface area (Å²) >= 11 is 0. The second-order valence-corrected chi connectivity index (χ2v) is 7.88. The number of H-pyrrole nitrogens is 1. The van der Waals surface area contributed by atoms with E-state index in [-0.39, 0.29) is 11.9 Å². The third-order valence-corrected chi connectivity index (χ3v) is 6.67. The number of para-hydroxylation sites is 1. The van der Waals surface area contributed by atoms with Crippen molar-refractivity contribution in [3.8, 4) is 0 Å². The minimum absolute atomic E-state index is 0.194. The average Bonchev–Trinajstić information content (AvgIpc) is 3.06. The number of aromatic amines is 1. The van der Waals surface area contributed by atoms with Crippen molar-refractivity contribution < 1.29 is 9.53 Å². The maximum absolute atomic E-state index is 12.3. The smallest absolute Gasteiger partial charge is 0.335 e. The Bertz CT molecular complexity index is 900. The Hall–Kier alpha value is -2.27. The summed E-state index contributed by atoms with van der Waals surface area (Å²) < 4.78 is 5.06. The van der Waals surface area contributed by atoms with E-state index in [1.54, 1.807) is 0 Å². The quantitative estimate of drug-likeness (QED) is 0.776. The number of rotatable bonds is 1. The monoisotopic (exact) mass is 351 g/mol. The van der Waals surface area contributed by atoms with Crippen LogP contribution in [0.25, 0.3) is 10.9 Å². The lowest BCUT2D eigenvalue weighted by Gasteiger charge is -2.49. The molecule has 0 aliphatic carbocycles. The molecule has 0 radical (unpaired) electrons. The van der Waals surface area contributed by atoms with Crippen molar-refractivity contribution >= 4 is 16.9 Å². The maximum atomic E-state index is 12.3. The molecule has 3 aliphatic heterocycles. The summed E-state index contributed by atoms with van der Waals surface area (Å²) in [6.07, 6.45) is 3.95. The van der Waals surface area contributed by atoms with Crippen LogP contribution in [0.2, 0.25) is 0 Å². The number of carbonyl (C=O) groups is 1. The van der Waals surface area contributed by atoms with Crippen molar-refractivity contribution in [2.45, 2.75) is 31.8 Å². The van der Waals surface area contributed by atoms with E-state index in [2.05, 4.69) is 46.4 Å². The van der Waals surface area contributed by atoms with E-state index in [0.29, 0.717) is 18.0 Å². The molecule has 4 heterocycles. The largest absolute Gasteiger partial charge is 0.466 e. The van der Waals surface area contributed by atoms with Gasteiger partial charge in [0.25, 0.3) is 0 Å². The van der Waals surface area contributed by atoms with Crippen molar-refractivity contribution in [2.24, 2.45) is 11.8 Å². The first-order valence-corrected chi connectivity index (χ1v) is 9.55. The van der Waals surface area contributed by atoms with Gasteiger partial charge < -0.3 is 15.0 Å². The summed E-state index contributed by atoms with van der Waals surface area (Å²) in [4.78, 5) is 18.6. The first-order chi connectivity index (χ1) is 12.7. The van der Waals surface area contributed by atoms with Crippen molar-refractivity contribution in [2.75, 3.05) is 20.2 Å². The van der Waals surface area contributed by atoms with Crippen LogP contribution in [0.1, 0.15) is 30.6 Å². The second kappa shape index (κ2) is 5.88. The summed E-state index contributed by atoms with van der Waals surface area (Å²) in [6.45, 7) is 4.33. The number of aromatic nitrogens is 1. The summed E-state index contributed by atoms with van der Waals surface area (Å²) in [5.74, 6) is 0.495. The predicted molar refractivity (Wildman–Crippen MR) is 101 cm³/mol. The molecule has 3 aliphatic rings. The highest BCUT2D eigenvalue weighted by Gasteiger charge is 2.45. The third-order valence-electron chi connectivity index (χ3n) is 6.67. The first-order valence-electron chi connectivity index (χ1n) is 9.55. The molecule has 5 nitrogen and oxygen atoms in total. The van der Waals surface area contributed by atoms with Gasteiger partial charge in [-0.25, -0.2) is 4.79 Å². The van der Waals surface area contributed by atoms with Crippen molar-refractivity contribution in [1.82, 2.24) is 15.2 Å². The number of piperidine rings is 1. The van der Waals surface area contributed by atoms with Crippen LogP contribution in [-0.4, -0.2) is 42.1 Å². The lowest BCUT2D eigenvalue weighted by Crippen LogP contribution is -2.54. The molecule has 1 aromatic carbocycles. The van der Waals surface area contributed by atoms with Gasteiger partial charge in [-0.15, -0.1) is 0 Å². The Morgan fingerprint density at radius 1 is 1.31 bits per heavy atom. The fourth-order valence-corrected chi connectivity index (χ4v) is 5.31. The number of benzene rings is 1. The van der Waals surface area contributed by atoms with Crippen LogP contribution in [0.5, 0.6) is 0 Å². The molecular formula is C21H25N3O2. The van der Waals surface area contributed by atoms with Crippen molar-refractivity contribution in [3.63, 3.8) is 0 Å². The van der Waals surface area contributed by atoms with Crippen LogP contribution in [0, 0.1) is 11.8 Å². The molecule has 136 valence electrons. The molecule has 0 bridgehead atoms. The van der Waals surface area contributed by atoms with Crippen LogP contribution < -0.4 is 5.32 Å². The van der Waals surface area contributed by atoms with E-state index >= 15 is 0 Å². The van der Waals surface area contributed by atoms with Crippen molar-refractivity contribution in [3.05, 3.63) is 47.3 Å². The van der Waals surface area contributed by atoms with Gasteiger partial charge in [0.05, 0.1) is 18.7 Å². The summed E-state index contributed by atoms with van der Waals surface area (Å²) in [7, 11) is 1.47. The summed E-state index contributed by atoms with van der Waals surface area (Å²) in [5.41, 5.74) is 4.85. The highest BCUT2D eigenvalue weighted by molar-refractivity contribution is 5.89. The fraction of sp³-hybridized carbons (Fsp3) is 0.476. The van der Waals surface area contributed by atoms with Gasteiger partial charge in [-0.1, -0.05) is 18.2 Å². The number of esters is 1. The Morgan fingerprint density at radius 2 is 2.15 bits per heavy atom. The number of carbonyl (C=O) groups excluding carboxylic acids is 1. The van der Waals surface area contributed by atoms with E-state index in [1.165, 1.54) is 29.3 Å². The zero-order valence-corrected chi connectivity index (χ0v) is 15.3. The fourth-order valence-electron chi connectivity index (χ4n) is 5.31. The topological polar surface area (TPSA) is 57.4 Å². The van der Waals surface area contributed by atoms with Gasteiger partial charge in [0.1, 0.15) is 0 Å². The van der Waals surface area contributed by atoms with Crippen LogP contribution in [-0.2, 0) is 16.0 Å². The number of fused-ring (bicyclic) bond motifs is 6. The zero-order valence-electron chi connectivity index (χ0n) is 15.3. The normalized spacial score (nSPS) is 30.6. The molecule has 5 heteroatoms. The first kappa shape index (κ1) is 15.9. The van der Waals surface area contributed by atoms with E-state index in [1.807, 2.05) is 6.20 Å². The molecule has 1 saturated heterocycles. The van der Waals surface area contributed by atoms with Gasteiger partial charge >= 0.3 is 5.97 Å². The van der Waals surface area contributed by atoms with Crippen LogP contribution >= 0.6 is 0 Å². The molecule has 0 amide bonds. The van der Waals surface area contributed by atoms with Crippen LogP contribution in [0.3, 0.4) is 0 Å². The predicted octanol–water partition coefficient (Wildman–Crippen LogP) is 2.75. The molecule has 0 spiro atoms. The van der Waals surface area contributed by atoms with Crippen LogP contribution in [0.15, 0.2) is 36.0 Å². The Balaban J connectivity index is 1.55. The highest BCUT2D eigenvalue weighted by Crippen LogP contribution is 2.46. The molecule has 2 unspecified atom stereocenters. The van der Waals surface area contributed by atoms with Gasteiger partial charge in [-0.3, -0.25) is 4.90 Å². The minimum atomic E-state index is -0.194. The van der Waals surface area contributed by atoms with Gasteiger partial charge in [0, 0.05) is 47.8 Å². The Kier molecular flexibility index (Phi) is 3.60. The third kappa shape index (κ3) is 2.23. The van der Waals surface area contributed by atoms with Gasteiger partial charge in [0.2, 0.25) is 0 Å². The van der Waals surface area contributed by atoms with E-state index in [9.17, 15) is 4.79 Å². The summed E-state index contributed by atoms with van der Waals surface area (Å²) in [5, 5.41) is 4.74. The number of hydrogen-bond acceptors (Lipinski definition) is 4. The molecular weight excluding hydrogens is 326 g/mol. The lowest BCUT2D eigenvalue weighted by molar-refractivity contribution is -0.137. The standard InChI is InChI=1S/C21H25N3O2/c1-12-17-11-24-8-7-14-13-5-3-4-6-18(13)23-20(14)19(24)9-15(17)16(10-22-12)21(25)26-2/h3-6,10,12,15,17,19,22-23H,7-9,11H2,1-2H3/t12?,15-,17?,19+/m1/s1. The molecule has 5 rings (SSSR count). The molecule has 1 aromatic heterocycles. The van der Waals surface area contributed by atoms with E-state index < -0.39 is 0 Å². The maximum Gasteiger partial charge on any atom is 0.335 e. The minimum Gasteiger partial charge on any atom is -0.466 e. The molecule has 1 fully saturated rings. The van der Waals surface area contributed by atoms with E-state index in [0.717, 1.165) is 31.5 Å². The highest BCUT2D eigenvalue weighted by atomic mass is 16.5. The van der Waals surface area contributed by atoms with Crippen LogP contribution in [0.4, 0.5) is 0 Å². The zero-order chi connectivity index (χ0) is 17.8. The Morgan fingerprint density at radius 3 is 3.00 bits per heavy atom. The number of methoxy groups -OCH3 is 1. The number of nitrogens with zero attached hydrogens (tertiary/aromatic N) is 1. The average molecular weight is 351 g/mol. The van der Waals surface area contributed by atoms with E-state index in [4.69, 9.17) is 4.74 Å². The number of nitrogens with one attached hydrogen (secondary N) is 2. The number of ether oxygens (including phenoxy) is 1. The summed E-state index contributed by atoms with van der Waals surface area (Å²) in [6, 6.07) is 9.32. The molecule has 26 heavy (non-hydrogen) atoms.